The van der Waals surface area contributed by atoms with E-state index in [0.717, 1.165) is 49.1 Å². The van der Waals surface area contributed by atoms with Gasteiger partial charge in [0, 0.05) is 31.6 Å². The maximum absolute atomic E-state index is 4.78. The molecule has 0 spiro atoms. The van der Waals surface area contributed by atoms with Gasteiger partial charge in [-0.3, -0.25) is 4.90 Å². The molecule has 1 fully saturated rings. The zero-order valence-electron chi connectivity index (χ0n) is 11.3. The van der Waals surface area contributed by atoms with E-state index in [2.05, 4.69) is 34.4 Å². The molecule has 4 nitrogen and oxygen atoms in total. The van der Waals surface area contributed by atoms with E-state index in [1.54, 1.807) is 22.7 Å². The van der Waals surface area contributed by atoms with Gasteiger partial charge in [-0.15, -0.1) is 22.7 Å². The second-order valence-corrected chi connectivity index (χ2v) is 6.95. The van der Waals surface area contributed by atoms with Crippen molar-refractivity contribution >= 4 is 22.7 Å². The molecule has 0 amide bonds. The van der Waals surface area contributed by atoms with Crippen LogP contribution in [0.25, 0.3) is 10.6 Å². The van der Waals surface area contributed by atoms with E-state index < -0.39 is 0 Å². The quantitative estimate of drug-likeness (QED) is 0.943. The number of piperazine rings is 1. The first-order chi connectivity index (χ1) is 9.22. The van der Waals surface area contributed by atoms with Gasteiger partial charge in [0.1, 0.15) is 5.01 Å². The summed E-state index contributed by atoms with van der Waals surface area (Å²) in [6, 6.07) is 0. The van der Waals surface area contributed by atoms with Gasteiger partial charge in [-0.25, -0.2) is 9.97 Å². The van der Waals surface area contributed by atoms with Gasteiger partial charge in [0.2, 0.25) is 0 Å². The summed E-state index contributed by atoms with van der Waals surface area (Å²) in [5.74, 6) is 0. The van der Waals surface area contributed by atoms with Crippen LogP contribution in [0.2, 0.25) is 0 Å². The molecular formula is C13H18N4S2. The van der Waals surface area contributed by atoms with Crippen LogP contribution in [0, 0.1) is 13.8 Å². The normalized spacial score (nSPS) is 16.9. The van der Waals surface area contributed by atoms with Crippen molar-refractivity contribution in [2.75, 3.05) is 26.2 Å². The fourth-order valence-electron chi connectivity index (χ4n) is 2.32. The number of thiazole rings is 2. The van der Waals surface area contributed by atoms with E-state index in [4.69, 9.17) is 4.98 Å². The lowest BCUT2D eigenvalue weighted by Crippen LogP contribution is -2.42. The van der Waals surface area contributed by atoms with Crippen LogP contribution < -0.4 is 5.32 Å². The van der Waals surface area contributed by atoms with Gasteiger partial charge in [-0.2, -0.15) is 0 Å². The molecule has 0 bridgehead atoms. The van der Waals surface area contributed by atoms with Crippen molar-refractivity contribution in [3.8, 4) is 10.6 Å². The first-order valence-electron chi connectivity index (χ1n) is 6.54. The SMILES string of the molecule is Cc1nc(C)c(-c2csc(CN3CCNCC3)n2)s1. The summed E-state index contributed by atoms with van der Waals surface area (Å²) in [5.41, 5.74) is 2.19. The number of rotatable bonds is 3. The number of hydrogen-bond acceptors (Lipinski definition) is 6. The smallest absolute Gasteiger partial charge is 0.107 e. The van der Waals surface area contributed by atoms with E-state index in [-0.39, 0.29) is 0 Å². The Labute approximate surface area is 121 Å². The third-order valence-electron chi connectivity index (χ3n) is 3.26. The maximum atomic E-state index is 4.78. The molecule has 3 rings (SSSR count). The van der Waals surface area contributed by atoms with E-state index in [0.29, 0.717) is 0 Å². The highest BCUT2D eigenvalue weighted by Crippen LogP contribution is 2.30. The number of nitrogens with one attached hydrogen (secondary N) is 1. The van der Waals surface area contributed by atoms with Gasteiger partial charge in [0.15, 0.2) is 0 Å². The first kappa shape index (κ1) is 13.2. The molecule has 1 N–H and O–H groups in total. The fraction of sp³-hybridized carbons (Fsp3) is 0.538. The van der Waals surface area contributed by atoms with Crippen molar-refractivity contribution < 1.29 is 0 Å². The topological polar surface area (TPSA) is 41.1 Å². The average molecular weight is 294 g/mol. The third kappa shape index (κ3) is 3.02. The summed E-state index contributed by atoms with van der Waals surface area (Å²) in [6.07, 6.45) is 0. The Morgan fingerprint density at radius 1 is 1.26 bits per heavy atom. The van der Waals surface area contributed by atoms with E-state index in [1.165, 1.54) is 9.88 Å². The summed E-state index contributed by atoms with van der Waals surface area (Å²) >= 11 is 3.50. The molecule has 1 saturated heterocycles. The Morgan fingerprint density at radius 2 is 2.05 bits per heavy atom. The highest BCUT2D eigenvalue weighted by molar-refractivity contribution is 7.15. The molecule has 102 valence electrons. The van der Waals surface area contributed by atoms with Crippen LogP contribution in [0.5, 0.6) is 0 Å². The van der Waals surface area contributed by atoms with E-state index in [1.807, 2.05) is 0 Å². The molecule has 2 aromatic rings. The molecule has 1 aliphatic heterocycles. The van der Waals surface area contributed by atoms with Gasteiger partial charge in [0.05, 0.1) is 27.8 Å². The van der Waals surface area contributed by atoms with Crippen molar-refractivity contribution in [1.29, 1.82) is 0 Å². The zero-order valence-corrected chi connectivity index (χ0v) is 12.9. The van der Waals surface area contributed by atoms with Gasteiger partial charge < -0.3 is 5.32 Å². The molecule has 1 aliphatic rings. The van der Waals surface area contributed by atoms with Crippen LogP contribution in [0.3, 0.4) is 0 Å². The lowest BCUT2D eigenvalue weighted by Gasteiger charge is -2.26. The second kappa shape index (κ2) is 5.66. The number of aromatic nitrogens is 2. The third-order valence-corrected chi connectivity index (χ3v) is 5.19. The van der Waals surface area contributed by atoms with Crippen LogP contribution in [0.4, 0.5) is 0 Å². The van der Waals surface area contributed by atoms with Gasteiger partial charge in [-0.05, 0) is 13.8 Å². The predicted molar refractivity (Wildman–Crippen MR) is 80.8 cm³/mol. The predicted octanol–water partition coefficient (Wildman–Crippen LogP) is 2.29. The summed E-state index contributed by atoms with van der Waals surface area (Å²) in [5, 5.41) is 7.87. The minimum atomic E-state index is 0.975. The Bertz CT molecular complexity index is 555. The molecular weight excluding hydrogens is 276 g/mol. The highest BCUT2D eigenvalue weighted by Gasteiger charge is 2.14. The minimum Gasteiger partial charge on any atom is -0.314 e. The lowest BCUT2D eigenvalue weighted by molar-refractivity contribution is 0.233. The van der Waals surface area contributed by atoms with Crippen LogP contribution in [0.15, 0.2) is 5.38 Å². The average Bonchev–Trinajstić information content (AvgIpc) is 2.97. The van der Waals surface area contributed by atoms with Crippen LogP contribution >= 0.6 is 22.7 Å². The monoisotopic (exact) mass is 294 g/mol. The minimum absolute atomic E-state index is 0.975. The summed E-state index contributed by atoms with van der Waals surface area (Å²) < 4.78 is 0. The highest BCUT2D eigenvalue weighted by atomic mass is 32.1. The summed E-state index contributed by atoms with van der Waals surface area (Å²) in [4.78, 5) is 12.9. The molecule has 19 heavy (non-hydrogen) atoms. The second-order valence-electron chi connectivity index (χ2n) is 4.80. The van der Waals surface area contributed by atoms with Crippen molar-refractivity contribution in [2.24, 2.45) is 0 Å². The molecule has 2 aromatic heterocycles. The lowest BCUT2D eigenvalue weighted by atomic mass is 10.3. The standard InChI is InChI=1S/C13H18N4S2/c1-9-13(19-10(2)15-9)11-8-18-12(16-11)7-17-5-3-14-4-6-17/h8,14H,3-7H2,1-2H3. The van der Waals surface area contributed by atoms with Crippen molar-refractivity contribution in [1.82, 2.24) is 20.2 Å². The van der Waals surface area contributed by atoms with Crippen molar-refractivity contribution in [3.63, 3.8) is 0 Å². The molecule has 3 heterocycles. The van der Waals surface area contributed by atoms with E-state index >= 15 is 0 Å². The van der Waals surface area contributed by atoms with Crippen LogP contribution in [0.1, 0.15) is 15.7 Å². The molecule has 6 heteroatoms. The zero-order chi connectivity index (χ0) is 13.2. The number of nitrogens with zero attached hydrogens (tertiary/aromatic N) is 3. The Balaban J connectivity index is 1.74. The molecule has 0 aliphatic carbocycles. The maximum Gasteiger partial charge on any atom is 0.107 e. The number of aryl methyl sites for hydroxylation is 2. The molecule has 0 unspecified atom stereocenters. The fourth-order valence-corrected chi connectivity index (χ4v) is 4.10. The molecule has 0 saturated carbocycles. The molecule has 0 atom stereocenters. The van der Waals surface area contributed by atoms with Crippen LogP contribution in [-0.4, -0.2) is 41.0 Å². The van der Waals surface area contributed by atoms with Gasteiger partial charge in [-0.1, -0.05) is 0 Å². The van der Waals surface area contributed by atoms with Crippen molar-refractivity contribution in [3.05, 3.63) is 21.1 Å². The molecule has 0 aromatic carbocycles. The first-order valence-corrected chi connectivity index (χ1v) is 8.24. The molecule has 0 radical (unpaired) electrons. The van der Waals surface area contributed by atoms with Gasteiger partial charge >= 0.3 is 0 Å². The Hall–Kier alpha value is -0.820. The Kier molecular flexibility index (Phi) is 3.93. The van der Waals surface area contributed by atoms with Crippen LogP contribution in [-0.2, 0) is 6.54 Å². The van der Waals surface area contributed by atoms with E-state index in [9.17, 15) is 0 Å². The Morgan fingerprint density at radius 3 is 2.74 bits per heavy atom. The largest absolute Gasteiger partial charge is 0.314 e. The number of hydrogen-bond donors (Lipinski definition) is 1. The van der Waals surface area contributed by atoms with Crippen molar-refractivity contribution in [2.45, 2.75) is 20.4 Å². The van der Waals surface area contributed by atoms with Gasteiger partial charge in [0.25, 0.3) is 0 Å². The summed E-state index contributed by atoms with van der Waals surface area (Å²) in [6.45, 7) is 9.50. The summed E-state index contributed by atoms with van der Waals surface area (Å²) in [7, 11) is 0.